The molecule has 0 atom stereocenters. The van der Waals surface area contributed by atoms with Crippen molar-refractivity contribution < 1.29 is 17.9 Å². The zero-order chi connectivity index (χ0) is 21.4. The van der Waals surface area contributed by atoms with Gasteiger partial charge in [0, 0.05) is 0 Å². The maximum atomic E-state index is 12.2. The molecular formula is C26H33F3O. The van der Waals surface area contributed by atoms with Gasteiger partial charge in [-0.2, -0.15) is 0 Å². The fourth-order valence-corrected chi connectivity index (χ4v) is 4.57. The Morgan fingerprint density at radius 3 is 1.90 bits per heavy atom. The molecule has 2 aromatic carbocycles. The van der Waals surface area contributed by atoms with E-state index in [1.54, 1.807) is 12.1 Å². The lowest BCUT2D eigenvalue weighted by atomic mass is 9.77. The number of ether oxygens (including phenoxy) is 1. The lowest BCUT2D eigenvalue weighted by Gasteiger charge is -2.29. The quantitative estimate of drug-likeness (QED) is 0.373. The molecule has 30 heavy (non-hydrogen) atoms. The van der Waals surface area contributed by atoms with Gasteiger partial charge in [-0.15, -0.1) is 13.2 Å². The van der Waals surface area contributed by atoms with E-state index in [2.05, 4.69) is 35.9 Å². The summed E-state index contributed by atoms with van der Waals surface area (Å²) in [5.41, 5.74) is 3.73. The number of alkyl halides is 3. The number of benzene rings is 2. The van der Waals surface area contributed by atoms with E-state index in [9.17, 15) is 13.2 Å². The molecule has 2 aromatic rings. The molecule has 1 aliphatic carbocycles. The smallest absolute Gasteiger partial charge is 0.406 e. The first-order valence-corrected chi connectivity index (χ1v) is 11.4. The summed E-state index contributed by atoms with van der Waals surface area (Å²) < 4.78 is 40.6. The van der Waals surface area contributed by atoms with Gasteiger partial charge < -0.3 is 4.74 Å². The molecule has 1 fully saturated rings. The first kappa shape index (κ1) is 22.7. The first-order chi connectivity index (χ1) is 14.4. The second-order valence-electron chi connectivity index (χ2n) is 8.65. The zero-order valence-electron chi connectivity index (χ0n) is 17.9. The van der Waals surface area contributed by atoms with Crippen molar-refractivity contribution in [1.29, 1.82) is 0 Å². The monoisotopic (exact) mass is 418 g/mol. The number of hydrogen-bond acceptors (Lipinski definition) is 1. The highest BCUT2D eigenvalue weighted by Gasteiger charge is 2.30. The van der Waals surface area contributed by atoms with Crippen LogP contribution in [0.4, 0.5) is 13.2 Å². The van der Waals surface area contributed by atoms with Crippen LogP contribution in [-0.2, 0) is 12.8 Å². The molecule has 0 bridgehead atoms. The summed E-state index contributed by atoms with van der Waals surface area (Å²) in [6, 6.07) is 15.1. The minimum atomic E-state index is -4.64. The lowest BCUT2D eigenvalue weighted by Crippen LogP contribution is -2.17. The van der Waals surface area contributed by atoms with Gasteiger partial charge in [-0.05, 0) is 79.2 Å². The molecule has 1 aliphatic rings. The van der Waals surface area contributed by atoms with Crippen molar-refractivity contribution >= 4 is 0 Å². The first-order valence-electron chi connectivity index (χ1n) is 11.4. The second kappa shape index (κ2) is 10.9. The average molecular weight is 419 g/mol. The van der Waals surface area contributed by atoms with Gasteiger partial charge in [0.1, 0.15) is 5.75 Å². The van der Waals surface area contributed by atoms with Crippen LogP contribution in [0.2, 0.25) is 0 Å². The van der Waals surface area contributed by atoms with Crippen molar-refractivity contribution in [3.05, 3.63) is 65.2 Å². The summed E-state index contributed by atoms with van der Waals surface area (Å²) >= 11 is 0. The third kappa shape index (κ3) is 7.37. The van der Waals surface area contributed by atoms with E-state index in [4.69, 9.17) is 0 Å². The Labute approximate surface area is 178 Å². The van der Waals surface area contributed by atoms with Gasteiger partial charge in [-0.3, -0.25) is 0 Å². The molecule has 0 spiro atoms. The molecular weight excluding hydrogens is 385 g/mol. The van der Waals surface area contributed by atoms with Crippen LogP contribution in [0.25, 0.3) is 0 Å². The lowest BCUT2D eigenvalue weighted by molar-refractivity contribution is -0.274. The Kier molecular flexibility index (Phi) is 8.24. The SMILES string of the molecule is CCCCCC1CCC(c2ccc(CCc3ccc(OC(F)(F)F)cc3)cc2)CC1. The van der Waals surface area contributed by atoms with Crippen molar-refractivity contribution in [1.82, 2.24) is 0 Å². The van der Waals surface area contributed by atoms with Crippen LogP contribution in [-0.4, -0.2) is 6.36 Å². The fraction of sp³-hybridized carbons (Fsp3) is 0.538. The van der Waals surface area contributed by atoms with Crippen molar-refractivity contribution in [2.24, 2.45) is 5.92 Å². The van der Waals surface area contributed by atoms with E-state index >= 15 is 0 Å². The van der Waals surface area contributed by atoms with Crippen molar-refractivity contribution in [2.75, 3.05) is 0 Å². The predicted molar refractivity (Wildman–Crippen MR) is 116 cm³/mol. The van der Waals surface area contributed by atoms with Crippen molar-refractivity contribution in [3.63, 3.8) is 0 Å². The van der Waals surface area contributed by atoms with Gasteiger partial charge >= 0.3 is 6.36 Å². The Morgan fingerprint density at radius 1 is 0.800 bits per heavy atom. The zero-order valence-corrected chi connectivity index (χ0v) is 17.9. The van der Waals surface area contributed by atoms with Gasteiger partial charge in [0.25, 0.3) is 0 Å². The maximum Gasteiger partial charge on any atom is 0.573 e. The Morgan fingerprint density at radius 2 is 1.37 bits per heavy atom. The van der Waals surface area contributed by atoms with Gasteiger partial charge in [-0.1, -0.05) is 69.0 Å². The van der Waals surface area contributed by atoms with Gasteiger partial charge in [-0.25, -0.2) is 0 Å². The van der Waals surface area contributed by atoms with E-state index in [0.717, 1.165) is 24.3 Å². The average Bonchev–Trinajstić information content (AvgIpc) is 2.73. The summed E-state index contributed by atoms with van der Waals surface area (Å²) in [5.74, 6) is 1.46. The number of hydrogen-bond donors (Lipinski definition) is 0. The maximum absolute atomic E-state index is 12.2. The minimum Gasteiger partial charge on any atom is -0.406 e. The van der Waals surface area contributed by atoms with Gasteiger partial charge in [0.15, 0.2) is 0 Å². The Bertz CT molecular complexity index is 741. The predicted octanol–water partition coefficient (Wildman–Crippen LogP) is 8.22. The summed E-state index contributed by atoms with van der Waals surface area (Å²) in [6.07, 6.45) is 7.85. The molecule has 0 aliphatic heterocycles. The number of halogens is 3. The highest BCUT2D eigenvalue weighted by molar-refractivity contribution is 5.30. The summed E-state index contributed by atoms with van der Waals surface area (Å²) in [4.78, 5) is 0. The van der Waals surface area contributed by atoms with Gasteiger partial charge in [0.05, 0.1) is 0 Å². The highest BCUT2D eigenvalue weighted by Crippen LogP contribution is 2.37. The largest absolute Gasteiger partial charge is 0.573 e. The molecule has 1 saturated carbocycles. The second-order valence-corrected chi connectivity index (χ2v) is 8.65. The molecule has 0 amide bonds. The summed E-state index contributed by atoms with van der Waals surface area (Å²) in [5, 5.41) is 0. The molecule has 0 unspecified atom stereocenters. The van der Waals surface area contributed by atoms with Crippen LogP contribution in [0.3, 0.4) is 0 Å². The molecule has 0 radical (unpaired) electrons. The van der Waals surface area contributed by atoms with Crippen LogP contribution in [0.15, 0.2) is 48.5 Å². The Hall–Kier alpha value is -1.97. The van der Waals surface area contributed by atoms with E-state index < -0.39 is 6.36 Å². The summed E-state index contributed by atoms with van der Waals surface area (Å²) in [6.45, 7) is 2.27. The van der Waals surface area contributed by atoms with Crippen LogP contribution in [0.5, 0.6) is 5.75 Å². The van der Waals surface area contributed by atoms with E-state index in [1.807, 2.05) is 0 Å². The molecule has 0 aromatic heterocycles. The van der Waals surface area contributed by atoms with Crippen LogP contribution < -0.4 is 4.74 Å². The number of aryl methyl sites for hydroxylation is 2. The van der Waals surface area contributed by atoms with E-state index in [1.165, 1.54) is 74.6 Å². The third-order valence-corrected chi connectivity index (χ3v) is 6.37. The van der Waals surface area contributed by atoms with E-state index in [-0.39, 0.29) is 5.75 Å². The number of unbranched alkanes of at least 4 members (excludes halogenated alkanes) is 2. The molecule has 0 saturated heterocycles. The molecule has 4 heteroatoms. The van der Waals surface area contributed by atoms with Gasteiger partial charge in [0.2, 0.25) is 0 Å². The van der Waals surface area contributed by atoms with Crippen molar-refractivity contribution in [2.45, 2.75) is 83.4 Å². The number of rotatable bonds is 9. The molecule has 3 rings (SSSR count). The molecule has 1 nitrogen and oxygen atoms in total. The standard InChI is InChI=1S/C26H33F3O/c1-2-3-4-5-20-8-14-23(15-9-20)24-16-10-21(11-17-24)6-7-22-12-18-25(19-13-22)30-26(27,28)29/h10-13,16-20,23H,2-9,14-15H2,1H3. The van der Waals surface area contributed by atoms with Crippen LogP contribution >= 0.6 is 0 Å². The summed E-state index contributed by atoms with van der Waals surface area (Å²) in [7, 11) is 0. The topological polar surface area (TPSA) is 9.23 Å². The van der Waals surface area contributed by atoms with Crippen molar-refractivity contribution in [3.8, 4) is 5.75 Å². The normalized spacial score (nSPS) is 19.6. The van der Waals surface area contributed by atoms with Crippen LogP contribution in [0, 0.1) is 5.92 Å². The third-order valence-electron chi connectivity index (χ3n) is 6.37. The fourth-order valence-electron chi connectivity index (χ4n) is 4.57. The molecule has 0 N–H and O–H groups in total. The highest BCUT2D eigenvalue weighted by atomic mass is 19.4. The molecule has 0 heterocycles. The van der Waals surface area contributed by atoms with E-state index in [0.29, 0.717) is 5.92 Å². The van der Waals surface area contributed by atoms with Crippen LogP contribution in [0.1, 0.15) is 80.9 Å². The Balaban J connectivity index is 1.44. The molecule has 164 valence electrons. The minimum absolute atomic E-state index is 0.171.